The quantitative estimate of drug-likeness (QED) is 0.146. The van der Waals surface area contributed by atoms with Gasteiger partial charge in [-0.1, -0.05) is 152 Å². The van der Waals surface area contributed by atoms with Gasteiger partial charge in [0.05, 0.1) is 34.2 Å². The zero-order chi connectivity index (χ0) is 42.7. The number of hydrogen-bond acceptors (Lipinski definition) is 3. The van der Waals surface area contributed by atoms with E-state index >= 15 is 0 Å². The third kappa shape index (κ3) is 8.34. The van der Waals surface area contributed by atoms with Gasteiger partial charge >= 0.3 is 0 Å². The van der Waals surface area contributed by atoms with Crippen molar-refractivity contribution in [2.24, 2.45) is 0 Å². The van der Waals surface area contributed by atoms with Gasteiger partial charge in [-0.2, -0.15) is 0 Å². The molecule has 3 heterocycles. The molecule has 1 aliphatic carbocycles. The van der Waals surface area contributed by atoms with Crippen LogP contribution in [0.15, 0.2) is 206 Å². The lowest BCUT2D eigenvalue weighted by atomic mass is 9.92. The molecule has 0 amide bonds. The lowest BCUT2D eigenvalue weighted by Crippen LogP contribution is -1.98. The van der Waals surface area contributed by atoms with Gasteiger partial charge in [0.15, 0.2) is 0 Å². The van der Waals surface area contributed by atoms with Gasteiger partial charge in [0.25, 0.3) is 0 Å². The first-order valence-corrected chi connectivity index (χ1v) is 21.8. The van der Waals surface area contributed by atoms with Crippen molar-refractivity contribution in [1.82, 2.24) is 15.0 Å². The van der Waals surface area contributed by atoms with E-state index in [4.69, 9.17) is 15.0 Å². The Labute approximate surface area is 370 Å². The summed E-state index contributed by atoms with van der Waals surface area (Å²) < 4.78 is 0. The van der Waals surface area contributed by atoms with Crippen LogP contribution >= 0.6 is 0 Å². The van der Waals surface area contributed by atoms with Crippen molar-refractivity contribution < 1.29 is 0 Å². The minimum atomic E-state index is 0.879. The maximum absolute atomic E-state index is 5.48. The molecular formula is C60H47N3. The molecule has 0 N–H and O–H groups in total. The van der Waals surface area contributed by atoms with Gasteiger partial charge in [-0.15, -0.1) is 0 Å². The van der Waals surface area contributed by atoms with Crippen LogP contribution in [-0.2, 0) is 0 Å². The summed E-state index contributed by atoms with van der Waals surface area (Å²) in [5.41, 5.74) is 22.3. The van der Waals surface area contributed by atoms with Crippen LogP contribution in [0.2, 0.25) is 0 Å². The Kier molecular flexibility index (Phi) is 10.8. The number of benzene rings is 6. The van der Waals surface area contributed by atoms with Gasteiger partial charge in [-0.05, 0) is 144 Å². The molecule has 0 spiro atoms. The molecule has 3 heteroatoms. The van der Waals surface area contributed by atoms with Crippen molar-refractivity contribution in [2.45, 2.75) is 33.6 Å². The number of aromatic nitrogens is 3. The number of allylic oxidation sites excluding steroid dienone is 4. The Morgan fingerprint density at radius 3 is 1.00 bits per heavy atom. The van der Waals surface area contributed by atoms with E-state index in [1.807, 2.05) is 0 Å². The Bertz CT molecular complexity index is 3040. The maximum Gasteiger partial charge on any atom is 0.0716 e. The van der Waals surface area contributed by atoms with E-state index in [9.17, 15) is 0 Å². The summed E-state index contributed by atoms with van der Waals surface area (Å²) in [6.45, 7) is 6.54. The largest absolute Gasteiger partial charge is 0.248 e. The van der Waals surface area contributed by atoms with E-state index in [0.29, 0.717) is 0 Å². The first kappa shape index (κ1) is 39.4. The molecule has 0 saturated carbocycles. The van der Waals surface area contributed by atoms with Crippen molar-refractivity contribution in [1.29, 1.82) is 0 Å². The monoisotopic (exact) mass is 809 g/mol. The molecule has 0 aliphatic heterocycles. The lowest BCUT2D eigenvalue weighted by molar-refractivity contribution is 1.04. The fraction of sp³-hybridized carbons (Fsp3) is 0.0833. The van der Waals surface area contributed by atoms with Gasteiger partial charge in [0, 0.05) is 27.8 Å². The third-order valence-electron chi connectivity index (χ3n) is 12.1. The van der Waals surface area contributed by atoms with E-state index in [2.05, 4.69) is 227 Å². The van der Waals surface area contributed by atoms with Crippen molar-refractivity contribution in [2.75, 3.05) is 0 Å². The lowest BCUT2D eigenvalue weighted by Gasteiger charge is -2.17. The second kappa shape index (κ2) is 17.3. The van der Waals surface area contributed by atoms with Crippen LogP contribution in [0.1, 0.15) is 35.2 Å². The molecule has 0 radical (unpaired) electrons. The van der Waals surface area contributed by atoms with E-state index < -0.39 is 0 Å². The molecule has 3 nitrogen and oxygen atoms in total. The van der Waals surface area contributed by atoms with E-state index in [0.717, 1.165) is 97.1 Å². The smallest absolute Gasteiger partial charge is 0.0716 e. The maximum atomic E-state index is 5.48. The van der Waals surface area contributed by atoms with Crippen LogP contribution in [0.5, 0.6) is 0 Å². The highest BCUT2D eigenvalue weighted by atomic mass is 14.7. The van der Waals surface area contributed by atoms with Crippen LogP contribution < -0.4 is 0 Å². The topological polar surface area (TPSA) is 38.7 Å². The van der Waals surface area contributed by atoms with E-state index in [-0.39, 0.29) is 0 Å². The number of nitrogens with zero attached hydrogens (tertiary/aromatic N) is 3. The fourth-order valence-electron chi connectivity index (χ4n) is 8.73. The van der Waals surface area contributed by atoms with Crippen molar-refractivity contribution in [3.63, 3.8) is 0 Å². The summed E-state index contributed by atoms with van der Waals surface area (Å²) in [5, 5.41) is 0. The van der Waals surface area contributed by atoms with Crippen LogP contribution in [0.25, 0.3) is 95.2 Å². The molecule has 0 saturated heterocycles. The van der Waals surface area contributed by atoms with Gasteiger partial charge in [-0.25, -0.2) is 15.0 Å². The predicted molar refractivity (Wildman–Crippen MR) is 264 cm³/mol. The van der Waals surface area contributed by atoms with Gasteiger partial charge in [-0.3, -0.25) is 0 Å². The zero-order valence-corrected chi connectivity index (χ0v) is 35.9. The summed E-state index contributed by atoms with van der Waals surface area (Å²) in [5.74, 6) is 0. The van der Waals surface area contributed by atoms with Crippen LogP contribution in [0.4, 0.5) is 0 Å². The van der Waals surface area contributed by atoms with Crippen molar-refractivity contribution in [3.8, 4) is 89.7 Å². The molecular weight excluding hydrogens is 763 g/mol. The van der Waals surface area contributed by atoms with Gasteiger partial charge in [0.2, 0.25) is 0 Å². The first-order chi connectivity index (χ1) is 30.9. The average molecular weight is 810 g/mol. The van der Waals surface area contributed by atoms with Crippen LogP contribution in [-0.4, -0.2) is 15.0 Å². The van der Waals surface area contributed by atoms with Crippen LogP contribution in [0.3, 0.4) is 0 Å². The Morgan fingerprint density at radius 2 is 0.635 bits per heavy atom. The molecule has 0 bridgehead atoms. The number of pyridine rings is 3. The predicted octanol–water partition coefficient (Wildman–Crippen LogP) is 15.9. The van der Waals surface area contributed by atoms with Crippen LogP contribution in [0, 0.1) is 20.8 Å². The minimum absolute atomic E-state index is 0.879. The first-order valence-electron chi connectivity index (χ1n) is 21.8. The zero-order valence-electron chi connectivity index (χ0n) is 35.9. The molecule has 6 aromatic carbocycles. The number of rotatable bonds is 9. The number of aryl methyl sites for hydroxylation is 3. The minimum Gasteiger partial charge on any atom is -0.248 e. The Hall–Kier alpha value is -7.75. The summed E-state index contributed by atoms with van der Waals surface area (Å²) in [6, 6.07) is 67.0. The second-order valence-corrected chi connectivity index (χ2v) is 16.5. The normalized spacial score (nSPS) is 12.3. The van der Waals surface area contributed by atoms with Gasteiger partial charge in [0.1, 0.15) is 0 Å². The van der Waals surface area contributed by atoms with E-state index in [1.54, 1.807) is 0 Å². The molecule has 3 aromatic heterocycles. The fourth-order valence-corrected chi connectivity index (χ4v) is 8.73. The molecule has 0 unspecified atom stereocenters. The summed E-state index contributed by atoms with van der Waals surface area (Å²) in [4.78, 5) is 16.4. The standard InChI is InChI=1S/C60H47N3/c1-40-19-13-16-28-52(40)46-34-55(43-22-7-4-8-23-43)61-58(37-46)49-31-50(59-38-47(53-29-17-14-20-41(53)2)35-56(62-59)44-24-9-5-10-25-44)33-51(32-49)60-39-48(54-30-18-15-21-42(54)3)36-57(63-60)45-26-11-6-12-27-45/h4-5,7-11,13-39H,6,12H2,1-3H3. The average Bonchev–Trinajstić information content (AvgIpc) is 3.34. The number of hydrogen-bond donors (Lipinski definition) is 0. The molecule has 63 heavy (non-hydrogen) atoms. The molecule has 302 valence electrons. The third-order valence-corrected chi connectivity index (χ3v) is 12.1. The summed E-state index contributed by atoms with van der Waals surface area (Å²) in [7, 11) is 0. The molecule has 1 aliphatic rings. The highest BCUT2D eigenvalue weighted by molar-refractivity contribution is 5.87. The van der Waals surface area contributed by atoms with E-state index in [1.165, 1.54) is 33.4 Å². The molecule has 10 rings (SSSR count). The Balaban J connectivity index is 1.26. The van der Waals surface area contributed by atoms with Crippen molar-refractivity contribution in [3.05, 3.63) is 229 Å². The summed E-state index contributed by atoms with van der Waals surface area (Å²) in [6.07, 6.45) is 8.82. The SMILES string of the molecule is Cc1ccccc1-c1cc(C2=CCCC=C2)nc(-c2cc(-c3cc(-c4ccccc4C)cc(-c4ccccc4)n3)cc(-c3cc(-c4ccccc4C)cc(-c4ccccc4)n3)c2)c1. The molecule has 9 aromatic rings. The Morgan fingerprint density at radius 1 is 0.302 bits per heavy atom. The molecule has 0 atom stereocenters. The molecule has 0 fully saturated rings. The summed E-state index contributed by atoms with van der Waals surface area (Å²) >= 11 is 0. The second-order valence-electron chi connectivity index (χ2n) is 16.5. The van der Waals surface area contributed by atoms with Gasteiger partial charge < -0.3 is 0 Å². The highest BCUT2D eigenvalue weighted by Crippen LogP contribution is 2.39. The highest BCUT2D eigenvalue weighted by Gasteiger charge is 2.18. The van der Waals surface area contributed by atoms with Crippen molar-refractivity contribution >= 4 is 5.57 Å².